The molecule has 3 nitrogen and oxygen atoms in total. The molecule has 0 radical (unpaired) electrons. The summed E-state index contributed by atoms with van der Waals surface area (Å²) in [6.45, 7) is 7.28. The number of hydrogen-bond donors (Lipinski definition) is 1. The Morgan fingerprint density at radius 2 is 1.95 bits per heavy atom. The summed E-state index contributed by atoms with van der Waals surface area (Å²) in [6.07, 6.45) is 2.55. The Balaban J connectivity index is 2.15. The van der Waals surface area contributed by atoms with Crippen LogP contribution in [-0.2, 0) is 9.53 Å². The highest BCUT2D eigenvalue weighted by atomic mass is 16.5. The zero-order valence-electron chi connectivity index (χ0n) is 12.0. The summed E-state index contributed by atoms with van der Waals surface area (Å²) in [5, 5.41) is 3.36. The summed E-state index contributed by atoms with van der Waals surface area (Å²) in [5.41, 5.74) is 3.37. The Morgan fingerprint density at radius 3 is 2.47 bits per heavy atom. The maximum absolute atomic E-state index is 12.1. The van der Waals surface area contributed by atoms with Gasteiger partial charge in [-0.2, -0.15) is 0 Å². The van der Waals surface area contributed by atoms with Crippen LogP contribution in [0.5, 0.6) is 0 Å². The fourth-order valence-corrected chi connectivity index (χ4v) is 2.35. The van der Waals surface area contributed by atoms with Gasteiger partial charge in [0.2, 0.25) is 0 Å². The van der Waals surface area contributed by atoms with Gasteiger partial charge in [-0.1, -0.05) is 29.3 Å². The monoisotopic (exact) mass is 261 g/mol. The van der Waals surface area contributed by atoms with E-state index in [0.717, 1.165) is 18.0 Å². The molecule has 1 aromatic carbocycles. The van der Waals surface area contributed by atoms with Gasteiger partial charge in [0.05, 0.1) is 6.61 Å². The molecule has 0 saturated heterocycles. The van der Waals surface area contributed by atoms with Gasteiger partial charge >= 0.3 is 5.97 Å². The van der Waals surface area contributed by atoms with Crippen molar-refractivity contribution in [1.29, 1.82) is 0 Å². The highest BCUT2D eigenvalue weighted by molar-refractivity contribution is 5.77. The Hall–Kier alpha value is -1.35. The maximum atomic E-state index is 12.1. The maximum Gasteiger partial charge on any atom is 0.327 e. The molecule has 1 atom stereocenters. The first-order valence-electron chi connectivity index (χ1n) is 7.08. The van der Waals surface area contributed by atoms with Gasteiger partial charge in [-0.25, -0.2) is 4.79 Å². The molecule has 1 aliphatic rings. The Morgan fingerprint density at radius 1 is 1.32 bits per heavy atom. The summed E-state index contributed by atoms with van der Waals surface area (Å²) in [4.78, 5) is 12.1. The molecule has 1 saturated carbocycles. The van der Waals surface area contributed by atoms with Crippen LogP contribution in [0.15, 0.2) is 18.2 Å². The van der Waals surface area contributed by atoms with Crippen molar-refractivity contribution in [3.63, 3.8) is 0 Å². The molecular formula is C16H23NO2. The van der Waals surface area contributed by atoms with Crippen molar-refractivity contribution in [2.75, 3.05) is 13.2 Å². The fourth-order valence-electron chi connectivity index (χ4n) is 2.35. The highest BCUT2D eigenvalue weighted by Crippen LogP contribution is 2.29. The minimum Gasteiger partial charge on any atom is -0.465 e. The van der Waals surface area contributed by atoms with Crippen LogP contribution in [0.4, 0.5) is 0 Å². The zero-order valence-corrected chi connectivity index (χ0v) is 12.0. The smallest absolute Gasteiger partial charge is 0.327 e. The Labute approximate surface area is 115 Å². The minimum absolute atomic E-state index is 0.173. The average molecular weight is 261 g/mol. The van der Waals surface area contributed by atoms with Crippen LogP contribution in [0.2, 0.25) is 0 Å². The van der Waals surface area contributed by atoms with E-state index in [9.17, 15) is 4.79 Å². The molecule has 0 aliphatic heterocycles. The number of aryl methyl sites for hydroxylation is 2. The lowest BCUT2D eigenvalue weighted by atomic mass is 10.0. The molecule has 0 amide bonds. The minimum atomic E-state index is -0.334. The normalized spacial score (nSPS) is 16.2. The van der Waals surface area contributed by atoms with Gasteiger partial charge in [-0.05, 0) is 51.6 Å². The molecule has 19 heavy (non-hydrogen) atoms. The van der Waals surface area contributed by atoms with Crippen molar-refractivity contribution in [2.24, 2.45) is 5.92 Å². The number of carbonyl (C=O) groups is 1. The van der Waals surface area contributed by atoms with E-state index in [1.807, 2.05) is 6.92 Å². The van der Waals surface area contributed by atoms with Crippen molar-refractivity contribution in [2.45, 2.75) is 39.7 Å². The first-order valence-corrected chi connectivity index (χ1v) is 7.08. The summed E-state index contributed by atoms with van der Waals surface area (Å²) in [5.74, 6) is 0.566. The zero-order chi connectivity index (χ0) is 13.8. The second-order valence-corrected chi connectivity index (χ2v) is 5.46. The van der Waals surface area contributed by atoms with Gasteiger partial charge in [0.15, 0.2) is 0 Å². The van der Waals surface area contributed by atoms with Gasteiger partial charge < -0.3 is 10.1 Å². The number of ether oxygens (including phenoxy) is 1. The van der Waals surface area contributed by atoms with Crippen LogP contribution in [-0.4, -0.2) is 19.1 Å². The largest absolute Gasteiger partial charge is 0.465 e. The van der Waals surface area contributed by atoms with E-state index in [0.29, 0.717) is 6.61 Å². The topological polar surface area (TPSA) is 38.3 Å². The van der Waals surface area contributed by atoms with Gasteiger partial charge in [0.1, 0.15) is 6.04 Å². The first-order chi connectivity index (χ1) is 9.10. The molecule has 0 aromatic heterocycles. The molecule has 0 heterocycles. The fraction of sp³-hybridized carbons (Fsp3) is 0.562. The van der Waals surface area contributed by atoms with Gasteiger partial charge in [-0.3, -0.25) is 0 Å². The molecule has 104 valence electrons. The molecule has 3 heteroatoms. The lowest BCUT2D eigenvalue weighted by Gasteiger charge is -2.18. The van der Waals surface area contributed by atoms with E-state index in [-0.39, 0.29) is 12.0 Å². The number of hydrogen-bond acceptors (Lipinski definition) is 3. The van der Waals surface area contributed by atoms with E-state index in [2.05, 4.69) is 37.4 Å². The van der Waals surface area contributed by atoms with Crippen molar-refractivity contribution < 1.29 is 9.53 Å². The molecule has 1 aromatic rings. The molecule has 1 aliphatic carbocycles. The molecule has 0 spiro atoms. The van der Waals surface area contributed by atoms with Crippen LogP contribution in [0.25, 0.3) is 0 Å². The van der Waals surface area contributed by atoms with Gasteiger partial charge in [-0.15, -0.1) is 0 Å². The number of benzene rings is 1. The third-order valence-corrected chi connectivity index (χ3v) is 3.41. The predicted molar refractivity (Wildman–Crippen MR) is 76.0 cm³/mol. The van der Waals surface area contributed by atoms with E-state index >= 15 is 0 Å². The summed E-state index contributed by atoms with van der Waals surface area (Å²) < 4.78 is 5.19. The average Bonchev–Trinajstić information content (AvgIpc) is 3.12. The third kappa shape index (κ3) is 4.06. The summed E-state index contributed by atoms with van der Waals surface area (Å²) >= 11 is 0. The lowest BCUT2D eigenvalue weighted by Crippen LogP contribution is -2.31. The summed E-state index contributed by atoms with van der Waals surface area (Å²) in [7, 11) is 0. The standard InChI is InChI=1S/C16H23NO2/c1-4-19-16(18)15(17-10-13-5-6-13)14-8-11(2)7-12(3)9-14/h7-9,13,15,17H,4-6,10H2,1-3H3. The number of carbonyl (C=O) groups excluding carboxylic acids is 1. The van der Waals surface area contributed by atoms with Gasteiger partial charge in [0, 0.05) is 0 Å². The van der Waals surface area contributed by atoms with Crippen LogP contribution < -0.4 is 5.32 Å². The van der Waals surface area contributed by atoms with Crippen molar-refractivity contribution in [1.82, 2.24) is 5.32 Å². The van der Waals surface area contributed by atoms with E-state index < -0.39 is 0 Å². The van der Waals surface area contributed by atoms with Crippen LogP contribution >= 0.6 is 0 Å². The van der Waals surface area contributed by atoms with Crippen molar-refractivity contribution in [3.8, 4) is 0 Å². The Bertz CT molecular complexity index is 432. The molecule has 1 N–H and O–H groups in total. The molecular weight excluding hydrogens is 238 g/mol. The molecule has 1 fully saturated rings. The van der Waals surface area contributed by atoms with Crippen LogP contribution in [0, 0.1) is 19.8 Å². The third-order valence-electron chi connectivity index (χ3n) is 3.41. The van der Waals surface area contributed by atoms with Crippen LogP contribution in [0.1, 0.15) is 42.5 Å². The molecule has 2 rings (SSSR count). The van der Waals surface area contributed by atoms with Crippen molar-refractivity contribution >= 4 is 5.97 Å². The first kappa shape index (κ1) is 14.1. The van der Waals surface area contributed by atoms with E-state index in [1.54, 1.807) is 0 Å². The van der Waals surface area contributed by atoms with E-state index in [1.165, 1.54) is 24.0 Å². The van der Waals surface area contributed by atoms with Crippen molar-refractivity contribution in [3.05, 3.63) is 34.9 Å². The van der Waals surface area contributed by atoms with E-state index in [4.69, 9.17) is 4.74 Å². The SMILES string of the molecule is CCOC(=O)C(NCC1CC1)c1cc(C)cc(C)c1. The Kier molecular flexibility index (Phi) is 4.59. The van der Waals surface area contributed by atoms with Crippen LogP contribution in [0.3, 0.4) is 0 Å². The van der Waals surface area contributed by atoms with Gasteiger partial charge in [0.25, 0.3) is 0 Å². The number of rotatable bonds is 6. The lowest BCUT2D eigenvalue weighted by molar-refractivity contribution is -0.145. The number of nitrogens with one attached hydrogen (secondary N) is 1. The quantitative estimate of drug-likeness (QED) is 0.800. The highest BCUT2D eigenvalue weighted by Gasteiger charge is 2.27. The second-order valence-electron chi connectivity index (χ2n) is 5.46. The predicted octanol–water partition coefficient (Wildman–Crippen LogP) is 2.91. The molecule has 1 unspecified atom stereocenters. The second kappa shape index (κ2) is 6.20. The molecule has 0 bridgehead atoms. The number of esters is 1. The summed E-state index contributed by atoms with van der Waals surface area (Å²) in [6, 6.07) is 5.91.